The molecule has 0 radical (unpaired) electrons. The van der Waals surface area contributed by atoms with Crippen molar-refractivity contribution < 1.29 is 17.3 Å². The lowest BCUT2D eigenvalue weighted by Gasteiger charge is -2.08. The van der Waals surface area contributed by atoms with Crippen LogP contribution in [-0.2, 0) is 16.4 Å². The van der Waals surface area contributed by atoms with Gasteiger partial charge in [-0.2, -0.15) is 4.98 Å². The van der Waals surface area contributed by atoms with Crippen LogP contribution in [0.3, 0.4) is 0 Å². The topological polar surface area (TPSA) is 111 Å². The maximum atomic E-state index is 13.0. The van der Waals surface area contributed by atoms with Crippen molar-refractivity contribution in [3.05, 3.63) is 36.2 Å². The van der Waals surface area contributed by atoms with Gasteiger partial charge in [0.2, 0.25) is 15.9 Å². The molecule has 2 aromatic rings. The molecule has 2 rings (SSSR count). The maximum Gasteiger partial charge on any atom is 0.242 e. The van der Waals surface area contributed by atoms with Crippen LogP contribution in [0.25, 0.3) is 0 Å². The van der Waals surface area contributed by atoms with Crippen molar-refractivity contribution in [1.82, 2.24) is 14.9 Å². The summed E-state index contributed by atoms with van der Waals surface area (Å²) in [7, 11) is -3.87. The van der Waals surface area contributed by atoms with Gasteiger partial charge in [-0.3, -0.25) is 0 Å². The van der Waals surface area contributed by atoms with Crippen molar-refractivity contribution in [2.45, 2.75) is 11.3 Å². The number of nitrogen functional groups attached to an aromatic ring is 1. The van der Waals surface area contributed by atoms with Crippen LogP contribution in [0.15, 0.2) is 33.9 Å². The fourth-order valence-corrected chi connectivity index (χ4v) is 2.59. The van der Waals surface area contributed by atoms with Gasteiger partial charge in [0.1, 0.15) is 10.7 Å². The highest BCUT2D eigenvalue weighted by atomic mass is 32.2. The largest absolute Gasteiger partial charge is 0.398 e. The molecule has 3 N–H and O–H groups in total. The number of hydrogen-bond donors (Lipinski definition) is 2. The molecule has 102 valence electrons. The van der Waals surface area contributed by atoms with Crippen molar-refractivity contribution in [1.29, 1.82) is 0 Å². The third-order valence-electron chi connectivity index (χ3n) is 2.30. The van der Waals surface area contributed by atoms with Gasteiger partial charge in [-0.1, -0.05) is 5.16 Å². The standard InChI is InChI=1S/C10H11FN4O3S/c11-7-1-2-8(12)9(5-7)19(16,17)15-4-3-10-13-6-14-18-10/h1-2,5-6,15H,3-4,12H2. The second kappa shape index (κ2) is 5.33. The van der Waals surface area contributed by atoms with Crippen LogP contribution in [0.5, 0.6) is 0 Å². The highest BCUT2D eigenvalue weighted by Crippen LogP contribution is 2.18. The van der Waals surface area contributed by atoms with Crippen molar-refractivity contribution in [2.75, 3.05) is 12.3 Å². The van der Waals surface area contributed by atoms with Gasteiger partial charge < -0.3 is 10.3 Å². The number of aromatic nitrogens is 2. The Hall–Kier alpha value is -2.00. The summed E-state index contributed by atoms with van der Waals surface area (Å²) < 4.78 is 43.9. The number of rotatable bonds is 5. The van der Waals surface area contributed by atoms with Gasteiger partial charge in [0, 0.05) is 13.0 Å². The molecule has 0 spiro atoms. The molecule has 0 amide bonds. The van der Waals surface area contributed by atoms with Gasteiger partial charge in [0.05, 0.1) is 5.69 Å². The van der Waals surface area contributed by atoms with Gasteiger partial charge >= 0.3 is 0 Å². The third-order valence-corrected chi connectivity index (χ3v) is 3.82. The highest BCUT2D eigenvalue weighted by Gasteiger charge is 2.18. The Labute approximate surface area is 108 Å². The Kier molecular flexibility index (Phi) is 3.76. The van der Waals surface area contributed by atoms with E-state index >= 15 is 0 Å². The monoisotopic (exact) mass is 286 g/mol. The Morgan fingerprint density at radius 2 is 2.21 bits per heavy atom. The number of nitrogens with zero attached hydrogens (tertiary/aromatic N) is 2. The Morgan fingerprint density at radius 3 is 2.89 bits per heavy atom. The van der Waals surface area contributed by atoms with E-state index in [-0.39, 0.29) is 23.5 Å². The molecule has 1 heterocycles. The molecule has 19 heavy (non-hydrogen) atoms. The smallest absolute Gasteiger partial charge is 0.242 e. The molecule has 9 heteroatoms. The van der Waals surface area contributed by atoms with Crippen LogP contribution < -0.4 is 10.5 Å². The fourth-order valence-electron chi connectivity index (χ4n) is 1.42. The second-order valence-corrected chi connectivity index (χ2v) is 5.40. The maximum absolute atomic E-state index is 13.0. The minimum Gasteiger partial charge on any atom is -0.398 e. The van der Waals surface area contributed by atoms with Crippen LogP contribution >= 0.6 is 0 Å². The lowest BCUT2D eigenvalue weighted by Crippen LogP contribution is -2.27. The van der Waals surface area contributed by atoms with Crippen LogP contribution in [0.4, 0.5) is 10.1 Å². The zero-order chi connectivity index (χ0) is 13.9. The molecular formula is C10H11FN4O3S. The van der Waals surface area contributed by atoms with Crippen LogP contribution in [-0.4, -0.2) is 25.1 Å². The summed E-state index contributed by atoms with van der Waals surface area (Å²) >= 11 is 0. The van der Waals surface area contributed by atoms with Crippen molar-refractivity contribution in [3.63, 3.8) is 0 Å². The first-order valence-corrected chi connectivity index (χ1v) is 6.77. The second-order valence-electron chi connectivity index (χ2n) is 3.66. The molecule has 0 aliphatic rings. The first kappa shape index (κ1) is 13.4. The number of sulfonamides is 1. The minimum atomic E-state index is -3.87. The van der Waals surface area contributed by atoms with E-state index in [2.05, 4.69) is 14.9 Å². The molecule has 1 aromatic carbocycles. The molecule has 1 aromatic heterocycles. The highest BCUT2D eigenvalue weighted by molar-refractivity contribution is 7.89. The van der Waals surface area contributed by atoms with E-state index in [0.717, 1.165) is 12.1 Å². The average Bonchev–Trinajstić information content (AvgIpc) is 2.85. The summed E-state index contributed by atoms with van der Waals surface area (Å²) in [4.78, 5) is 3.45. The predicted molar refractivity (Wildman–Crippen MR) is 64.0 cm³/mol. The summed E-state index contributed by atoms with van der Waals surface area (Å²) in [6, 6.07) is 3.15. The van der Waals surface area contributed by atoms with E-state index in [9.17, 15) is 12.8 Å². The van der Waals surface area contributed by atoms with Crippen LogP contribution in [0, 0.1) is 5.82 Å². The molecule has 0 unspecified atom stereocenters. The normalized spacial score (nSPS) is 11.6. The lowest BCUT2D eigenvalue weighted by molar-refractivity contribution is 0.377. The van der Waals surface area contributed by atoms with E-state index in [1.54, 1.807) is 0 Å². The third kappa shape index (κ3) is 3.26. The molecule has 0 saturated heterocycles. The van der Waals surface area contributed by atoms with Crippen molar-refractivity contribution in [2.24, 2.45) is 0 Å². The van der Waals surface area contributed by atoms with E-state index in [1.165, 1.54) is 12.4 Å². The first-order valence-electron chi connectivity index (χ1n) is 5.29. The van der Waals surface area contributed by atoms with Gasteiger partial charge in [0.15, 0.2) is 6.33 Å². The van der Waals surface area contributed by atoms with E-state index < -0.39 is 15.8 Å². The van der Waals surface area contributed by atoms with Gasteiger partial charge in [-0.25, -0.2) is 17.5 Å². The zero-order valence-corrected chi connectivity index (χ0v) is 10.5. The van der Waals surface area contributed by atoms with Crippen LogP contribution in [0.1, 0.15) is 5.89 Å². The number of halogens is 1. The van der Waals surface area contributed by atoms with Gasteiger partial charge in [0.25, 0.3) is 0 Å². The molecule has 7 nitrogen and oxygen atoms in total. The summed E-state index contributed by atoms with van der Waals surface area (Å²) in [5, 5.41) is 3.39. The average molecular weight is 286 g/mol. The summed E-state index contributed by atoms with van der Waals surface area (Å²) in [5.41, 5.74) is 5.49. The predicted octanol–water partition coefficient (Wildman–Crippen LogP) is 0.312. The minimum absolute atomic E-state index is 0.0216. The lowest BCUT2D eigenvalue weighted by atomic mass is 10.3. The van der Waals surface area contributed by atoms with Crippen LogP contribution in [0.2, 0.25) is 0 Å². The molecule has 0 bridgehead atoms. The molecular weight excluding hydrogens is 275 g/mol. The summed E-state index contributed by atoms with van der Waals surface area (Å²) in [6.07, 6.45) is 1.45. The Bertz CT molecular complexity index is 657. The molecule has 0 atom stereocenters. The Balaban J connectivity index is 2.07. The van der Waals surface area contributed by atoms with Gasteiger partial charge in [-0.05, 0) is 18.2 Å². The number of hydrogen-bond acceptors (Lipinski definition) is 6. The summed E-state index contributed by atoms with van der Waals surface area (Å²) in [5.74, 6) is -0.374. The van der Waals surface area contributed by atoms with E-state index in [1.807, 2.05) is 0 Å². The quantitative estimate of drug-likeness (QED) is 0.765. The zero-order valence-electron chi connectivity index (χ0n) is 9.71. The molecule has 0 aliphatic heterocycles. The SMILES string of the molecule is Nc1ccc(F)cc1S(=O)(=O)NCCc1ncno1. The van der Waals surface area contributed by atoms with E-state index in [4.69, 9.17) is 10.3 Å². The summed E-state index contributed by atoms with van der Waals surface area (Å²) in [6.45, 7) is 0.0421. The molecule has 0 saturated carbocycles. The number of nitrogens with two attached hydrogens (primary N) is 1. The van der Waals surface area contributed by atoms with Crippen molar-refractivity contribution in [3.8, 4) is 0 Å². The van der Waals surface area contributed by atoms with E-state index in [0.29, 0.717) is 5.89 Å². The number of anilines is 1. The fraction of sp³-hybridized carbons (Fsp3) is 0.200. The first-order chi connectivity index (χ1) is 8.99. The Morgan fingerprint density at radius 1 is 1.42 bits per heavy atom. The molecule has 0 aliphatic carbocycles. The van der Waals surface area contributed by atoms with Crippen molar-refractivity contribution >= 4 is 15.7 Å². The number of benzene rings is 1. The van der Waals surface area contributed by atoms with Gasteiger partial charge in [-0.15, -0.1) is 0 Å². The number of nitrogens with one attached hydrogen (secondary N) is 1. The molecule has 0 fully saturated rings.